The molecular weight excluding hydrogens is 236 g/mol. The summed E-state index contributed by atoms with van der Waals surface area (Å²) in [6, 6.07) is 12.4. The fourth-order valence-electron chi connectivity index (χ4n) is 1.69. The van der Waals surface area contributed by atoms with Crippen LogP contribution in [-0.4, -0.2) is 0 Å². The summed E-state index contributed by atoms with van der Waals surface area (Å²) in [6.45, 7) is 0. The average Bonchev–Trinajstić information content (AvgIpc) is 2.87. The molecular formula is C17H14S. The molecule has 0 saturated carbocycles. The number of hydrogen-bond donors (Lipinski definition) is 0. The van der Waals surface area contributed by atoms with Gasteiger partial charge in [-0.2, -0.15) is 0 Å². The molecule has 0 aliphatic carbocycles. The number of benzene rings is 1. The molecule has 1 heterocycles. The van der Waals surface area contributed by atoms with E-state index in [9.17, 15) is 0 Å². The monoisotopic (exact) mass is 250 g/mol. The third-order valence-corrected chi connectivity index (χ3v) is 3.46. The number of rotatable bonds is 3. The van der Waals surface area contributed by atoms with Gasteiger partial charge in [0.1, 0.15) is 0 Å². The third-order valence-electron chi connectivity index (χ3n) is 2.63. The Bertz CT molecular complexity index is 588. The standard InChI is InChI=1S/C17H14S/c1-2-16-13-14-18-17(16)12-8-4-7-11-15-9-5-3-6-10-15/h1,3,5-6,9-10,13-14H,4,7,11H2. The zero-order valence-corrected chi connectivity index (χ0v) is 11.0. The zero-order valence-electron chi connectivity index (χ0n) is 10.1. The van der Waals surface area contributed by atoms with Crippen molar-refractivity contribution in [3.63, 3.8) is 0 Å². The number of thiophene rings is 1. The fourth-order valence-corrected chi connectivity index (χ4v) is 2.41. The SMILES string of the molecule is C#Cc1ccsc1C#CCCCc1ccccc1. The lowest BCUT2D eigenvalue weighted by Crippen LogP contribution is -1.83. The minimum atomic E-state index is 0.913. The van der Waals surface area contributed by atoms with Crippen LogP contribution < -0.4 is 0 Å². The molecule has 0 aliphatic rings. The van der Waals surface area contributed by atoms with E-state index in [0.717, 1.165) is 29.7 Å². The van der Waals surface area contributed by atoms with E-state index in [1.807, 2.05) is 17.5 Å². The van der Waals surface area contributed by atoms with Gasteiger partial charge in [-0.1, -0.05) is 48.1 Å². The van der Waals surface area contributed by atoms with Crippen molar-refractivity contribution in [2.24, 2.45) is 0 Å². The summed E-state index contributed by atoms with van der Waals surface area (Å²) in [6.07, 6.45) is 8.48. The summed E-state index contributed by atoms with van der Waals surface area (Å²) in [5, 5.41) is 1.99. The minimum absolute atomic E-state index is 0.913. The third kappa shape index (κ3) is 3.52. The normalized spacial score (nSPS) is 9.28. The second-order valence-electron chi connectivity index (χ2n) is 3.95. The minimum Gasteiger partial charge on any atom is -0.134 e. The van der Waals surface area contributed by atoms with Crippen molar-refractivity contribution < 1.29 is 0 Å². The summed E-state index contributed by atoms with van der Waals surface area (Å²) in [5.41, 5.74) is 2.29. The Balaban J connectivity index is 1.82. The highest BCUT2D eigenvalue weighted by Crippen LogP contribution is 2.14. The molecule has 0 aliphatic heterocycles. The number of terminal acetylenes is 1. The van der Waals surface area contributed by atoms with Crippen LogP contribution in [0.1, 0.15) is 28.8 Å². The summed E-state index contributed by atoms with van der Waals surface area (Å²) < 4.78 is 0. The molecule has 2 aromatic rings. The average molecular weight is 250 g/mol. The lowest BCUT2D eigenvalue weighted by molar-refractivity contribution is 0.858. The molecule has 0 nitrogen and oxygen atoms in total. The number of aryl methyl sites for hydroxylation is 1. The van der Waals surface area contributed by atoms with Crippen LogP contribution >= 0.6 is 11.3 Å². The molecule has 18 heavy (non-hydrogen) atoms. The van der Waals surface area contributed by atoms with Crippen LogP contribution in [0.2, 0.25) is 0 Å². The second kappa shape index (κ2) is 6.70. The Labute approximate surface area is 113 Å². The first-order valence-electron chi connectivity index (χ1n) is 5.97. The molecule has 0 saturated heterocycles. The van der Waals surface area contributed by atoms with Crippen molar-refractivity contribution in [1.82, 2.24) is 0 Å². The molecule has 1 aromatic heterocycles. The Hall–Kier alpha value is -1.96. The highest BCUT2D eigenvalue weighted by molar-refractivity contribution is 7.10. The summed E-state index contributed by atoms with van der Waals surface area (Å²) in [5.74, 6) is 9.00. The zero-order chi connectivity index (χ0) is 12.6. The predicted octanol–water partition coefficient (Wildman–Crippen LogP) is 4.10. The van der Waals surface area contributed by atoms with E-state index in [2.05, 4.69) is 42.0 Å². The van der Waals surface area contributed by atoms with E-state index in [1.165, 1.54) is 5.56 Å². The van der Waals surface area contributed by atoms with Gasteiger partial charge in [0, 0.05) is 6.42 Å². The molecule has 88 valence electrons. The lowest BCUT2D eigenvalue weighted by Gasteiger charge is -1.96. The van der Waals surface area contributed by atoms with Gasteiger partial charge in [0.05, 0.1) is 10.4 Å². The maximum Gasteiger partial charge on any atom is 0.0924 e. The molecule has 0 unspecified atom stereocenters. The van der Waals surface area contributed by atoms with Crippen LogP contribution in [0.5, 0.6) is 0 Å². The molecule has 0 bridgehead atoms. The first-order valence-corrected chi connectivity index (χ1v) is 6.85. The van der Waals surface area contributed by atoms with Crippen LogP contribution in [0.15, 0.2) is 41.8 Å². The van der Waals surface area contributed by atoms with Crippen LogP contribution in [0.4, 0.5) is 0 Å². The summed E-state index contributed by atoms with van der Waals surface area (Å²) in [7, 11) is 0. The van der Waals surface area contributed by atoms with E-state index < -0.39 is 0 Å². The number of hydrogen-bond acceptors (Lipinski definition) is 1. The Kier molecular flexibility index (Phi) is 4.65. The van der Waals surface area contributed by atoms with Crippen molar-refractivity contribution >= 4 is 11.3 Å². The Morgan fingerprint density at radius 3 is 2.72 bits per heavy atom. The van der Waals surface area contributed by atoms with E-state index in [1.54, 1.807) is 11.3 Å². The van der Waals surface area contributed by atoms with Crippen molar-refractivity contribution in [3.05, 3.63) is 57.8 Å². The molecule has 0 N–H and O–H groups in total. The van der Waals surface area contributed by atoms with Crippen LogP contribution in [0.3, 0.4) is 0 Å². The van der Waals surface area contributed by atoms with Crippen LogP contribution in [-0.2, 0) is 6.42 Å². The maximum absolute atomic E-state index is 5.39. The fraction of sp³-hybridized carbons (Fsp3) is 0.176. The topological polar surface area (TPSA) is 0 Å². The van der Waals surface area contributed by atoms with Crippen molar-refractivity contribution in [1.29, 1.82) is 0 Å². The molecule has 1 heteroatoms. The lowest BCUT2D eigenvalue weighted by atomic mass is 10.1. The van der Waals surface area contributed by atoms with Crippen LogP contribution in [0.25, 0.3) is 0 Å². The smallest absolute Gasteiger partial charge is 0.0924 e. The van der Waals surface area contributed by atoms with Gasteiger partial charge in [-0.25, -0.2) is 0 Å². The van der Waals surface area contributed by atoms with E-state index in [-0.39, 0.29) is 0 Å². The number of unbranched alkanes of at least 4 members (excludes halogenated alkanes) is 1. The highest BCUT2D eigenvalue weighted by Gasteiger charge is 1.96. The molecule has 2 rings (SSSR count). The molecule has 0 fully saturated rings. The Morgan fingerprint density at radius 2 is 1.94 bits per heavy atom. The van der Waals surface area contributed by atoms with Gasteiger partial charge >= 0.3 is 0 Å². The predicted molar refractivity (Wildman–Crippen MR) is 78.5 cm³/mol. The molecule has 0 atom stereocenters. The Morgan fingerprint density at radius 1 is 1.11 bits per heavy atom. The molecule has 0 amide bonds. The van der Waals surface area contributed by atoms with Gasteiger partial charge in [-0.15, -0.1) is 17.8 Å². The second-order valence-corrected chi connectivity index (χ2v) is 4.86. The van der Waals surface area contributed by atoms with Gasteiger partial charge in [0.15, 0.2) is 0 Å². The van der Waals surface area contributed by atoms with Crippen molar-refractivity contribution in [3.8, 4) is 24.2 Å². The van der Waals surface area contributed by atoms with Gasteiger partial charge < -0.3 is 0 Å². The largest absolute Gasteiger partial charge is 0.134 e. The van der Waals surface area contributed by atoms with Gasteiger partial charge in [0.25, 0.3) is 0 Å². The molecule has 1 aromatic carbocycles. The van der Waals surface area contributed by atoms with E-state index >= 15 is 0 Å². The first-order chi connectivity index (χ1) is 8.90. The van der Waals surface area contributed by atoms with Gasteiger partial charge in [-0.05, 0) is 29.9 Å². The molecule has 0 spiro atoms. The summed E-state index contributed by atoms with van der Waals surface area (Å²) in [4.78, 5) is 1.01. The van der Waals surface area contributed by atoms with Crippen LogP contribution in [0, 0.1) is 24.2 Å². The first kappa shape index (κ1) is 12.5. The summed E-state index contributed by atoms with van der Waals surface area (Å²) >= 11 is 1.61. The van der Waals surface area contributed by atoms with Crippen molar-refractivity contribution in [2.75, 3.05) is 0 Å². The maximum atomic E-state index is 5.39. The van der Waals surface area contributed by atoms with E-state index in [4.69, 9.17) is 6.42 Å². The van der Waals surface area contributed by atoms with Gasteiger partial charge in [-0.3, -0.25) is 0 Å². The van der Waals surface area contributed by atoms with Crippen molar-refractivity contribution in [2.45, 2.75) is 19.3 Å². The quantitative estimate of drug-likeness (QED) is 0.568. The molecule has 0 radical (unpaired) electrons. The van der Waals surface area contributed by atoms with Gasteiger partial charge in [0.2, 0.25) is 0 Å². The highest BCUT2D eigenvalue weighted by atomic mass is 32.1. The van der Waals surface area contributed by atoms with E-state index in [0.29, 0.717) is 0 Å².